The molecule has 1 aromatic carbocycles. The summed E-state index contributed by atoms with van der Waals surface area (Å²) in [7, 11) is 0. The summed E-state index contributed by atoms with van der Waals surface area (Å²) in [6.07, 6.45) is 10.9. The Morgan fingerprint density at radius 1 is 1.07 bits per heavy atom. The second-order valence-electron chi connectivity index (χ2n) is 15.4. The molecule has 6 rings (SSSR count). The first-order valence-electron chi connectivity index (χ1n) is 17.1. The van der Waals surface area contributed by atoms with Crippen molar-refractivity contribution in [2.24, 2.45) is 52.3 Å². The molecule has 6 heteroatoms. The van der Waals surface area contributed by atoms with Crippen molar-refractivity contribution in [2.45, 2.75) is 117 Å². The smallest absolute Gasteiger partial charge is 0.410 e. The van der Waals surface area contributed by atoms with E-state index in [1.54, 1.807) is 0 Å². The van der Waals surface area contributed by atoms with Gasteiger partial charge in [-0.15, -0.1) is 0 Å². The Hall–Kier alpha value is -1.30. The standard InChI is InChI=1S/C36H54ClNO4/c1-5-26-30-21-25(39)13-16-36(30,4)29-14-17-35(3)27(11-12-28(35)32(29)33(26)40)22(2)15-19-42-34(41)38-18-7-10-31(38)23-8-6-9-24(37)20-23/h6,8-9,20,22,25-33,39-40H,5,7,10-19,21H2,1-4H3/t22-,25-,26-,27-,28+,29+,30+,31?,32?,33-,35-,36-/m1/s1. The van der Waals surface area contributed by atoms with Crippen molar-refractivity contribution in [3.63, 3.8) is 0 Å². The number of carbonyl (C=O) groups is 1. The number of rotatable bonds is 6. The average molecular weight is 600 g/mol. The van der Waals surface area contributed by atoms with E-state index < -0.39 is 0 Å². The molecule has 0 bridgehead atoms. The molecule has 5 fully saturated rings. The number of carbonyl (C=O) groups excluding carboxylic acids is 1. The summed E-state index contributed by atoms with van der Waals surface area (Å²) in [6.45, 7) is 10.9. The van der Waals surface area contributed by atoms with Gasteiger partial charge >= 0.3 is 6.09 Å². The molecule has 1 heterocycles. The number of ether oxygens (including phenoxy) is 1. The van der Waals surface area contributed by atoms with Crippen molar-refractivity contribution in [2.75, 3.05) is 13.2 Å². The lowest BCUT2D eigenvalue weighted by molar-refractivity contribution is -0.203. The first-order chi connectivity index (χ1) is 20.1. The summed E-state index contributed by atoms with van der Waals surface area (Å²) in [5.41, 5.74) is 1.56. The summed E-state index contributed by atoms with van der Waals surface area (Å²) < 4.78 is 5.91. The molecule has 1 saturated heterocycles. The predicted molar refractivity (Wildman–Crippen MR) is 167 cm³/mol. The molecule has 1 aromatic rings. The van der Waals surface area contributed by atoms with E-state index in [1.807, 2.05) is 23.1 Å². The Labute approximate surface area is 258 Å². The van der Waals surface area contributed by atoms with Crippen LogP contribution in [0.5, 0.6) is 0 Å². The molecule has 1 aliphatic heterocycles. The number of nitrogens with zero attached hydrogens (tertiary/aromatic N) is 1. The lowest BCUT2D eigenvalue weighted by Crippen LogP contribution is -2.62. The first-order valence-corrected chi connectivity index (χ1v) is 17.5. The zero-order valence-electron chi connectivity index (χ0n) is 26.3. The largest absolute Gasteiger partial charge is 0.449 e. The van der Waals surface area contributed by atoms with Gasteiger partial charge in [0.05, 0.1) is 24.9 Å². The van der Waals surface area contributed by atoms with Crippen molar-refractivity contribution in [3.05, 3.63) is 34.9 Å². The number of hydrogen-bond acceptors (Lipinski definition) is 4. The van der Waals surface area contributed by atoms with E-state index in [9.17, 15) is 15.0 Å². The van der Waals surface area contributed by atoms with E-state index >= 15 is 0 Å². The SMILES string of the molecule is CC[C@H]1[C@@H](O)C2[C@@H]3CC[C@H]([C@H](C)CCOC(=O)N4CCCC4c4cccc(Cl)c4)[C@@]3(C)CC[C@@H]2[C@@]2(C)CC[C@@H](O)C[C@@H]12. The Morgan fingerprint density at radius 2 is 1.83 bits per heavy atom. The Bertz CT molecular complexity index is 1130. The van der Waals surface area contributed by atoms with Crippen LogP contribution in [0.3, 0.4) is 0 Å². The van der Waals surface area contributed by atoms with Crippen molar-refractivity contribution >= 4 is 17.7 Å². The van der Waals surface area contributed by atoms with Crippen molar-refractivity contribution in [1.29, 1.82) is 0 Å². The average Bonchev–Trinajstić information content (AvgIpc) is 3.59. The number of aliphatic hydroxyl groups excluding tert-OH is 2. The minimum atomic E-state index is -0.254. The van der Waals surface area contributed by atoms with Gasteiger partial charge in [0.1, 0.15) is 0 Å². The molecule has 1 amide bonds. The maximum atomic E-state index is 13.2. The molecular weight excluding hydrogens is 546 g/mol. The van der Waals surface area contributed by atoms with Gasteiger partial charge in [0.2, 0.25) is 0 Å². The lowest BCUT2D eigenvalue weighted by Gasteiger charge is -2.64. The van der Waals surface area contributed by atoms with Gasteiger partial charge in [-0.1, -0.05) is 57.8 Å². The van der Waals surface area contributed by atoms with Crippen LogP contribution in [0.25, 0.3) is 0 Å². The van der Waals surface area contributed by atoms with E-state index in [4.69, 9.17) is 16.3 Å². The fourth-order valence-corrected chi connectivity index (χ4v) is 11.8. The van der Waals surface area contributed by atoms with Crippen LogP contribution in [0, 0.1) is 52.3 Å². The molecule has 2 N–H and O–H groups in total. The molecule has 4 aliphatic carbocycles. The van der Waals surface area contributed by atoms with Crippen LogP contribution in [-0.4, -0.2) is 46.6 Å². The lowest BCUT2D eigenvalue weighted by atomic mass is 9.41. The normalized spacial score (nSPS) is 43.8. The summed E-state index contributed by atoms with van der Waals surface area (Å²) in [6, 6.07) is 7.90. The number of halogens is 1. The topological polar surface area (TPSA) is 70.0 Å². The number of aliphatic hydroxyl groups is 2. The minimum absolute atomic E-state index is 0.0426. The summed E-state index contributed by atoms with van der Waals surface area (Å²) >= 11 is 6.24. The highest BCUT2D eigenvalue weighted by Crippen LogP contribution is 2.69. The van der Waals surface area contributed by atoms with Gasteiger partial charge < -0.3 is 19.8 Å². The predicted octanol–water partition coefficient (Wildman–Crippen LogP) is 8.27. The zero-order valence-corrected chi connectivity index (χ0v) is 27.1. The molecule has 2 unspecified atom stereocenters. The van der Waals surface area contributed by atoms with E-state index in [0.717, 1.165) is 57.1 Å². The quantitative estimate of drug-likeness (QED) is 0.345. The van der Waals surface area contributed by atoms with Crippen LogP contribution in [0.15, 0.2) is 24.3 Å². The van der Waals surface area contributed by atoms with Gasteiger partial charge in [0.25, 0.3) is 0 Å². The number of benzene rings is 1. The maximum Gasteiger partial charge on any atom is 0.410 e. The van der Waals surface area contributed by atoms with Crippen molar-refractivity contribution in [3.8, 4) is 0 Å². The van der Waals surface area contributed by atoms with Gasteiger partial charge in [0, 0.05) is 11.6 Å². The highest BCUT2D eigenvalue weighted by Gasteiger charge is 2.64. The molecule has 5 aliphatic rings. The monoisotopic (exact) mass is 599 g/mol. The Morgan fingerprint density at radius 3 is 2.60 bits per heavy atom. The van der Waals surface area contributed by atoms with Crippen LogP contribution < -0.4 is 0 Å². The molecule has 12 atom stereocenters. The van der Waals surface area contributed by atoms with Crippen LogP contribution in [0.1, 0.15) is 110 Å². The summed E-state index contributed by atoms with van der Waals surface area (Å²) in [5, 5.41) is 23.2. The van der Waals surface area contributed by atoms with E-state index in [0.29, 0.717) is 53.1 Å². The Balaban J connectivity index is 1.09. The fourth-order valence-electron chi connectivity index (χ4n) is 11.6. The molecular formula is C36H54ClNO4. The van der Waals surface area contributed by atoms with Crippen LogP contribution in [-0.2, 0) is 4.74 Å². The molecule has 5 nitrogen and oxygen atoms in total. The van der Waals surface area contributed by atoms with Gasteiger partial charge in [-0.3, -0.25) is 0 Å². The summed E-state index contributed by atoms with van der Waals surface area (Å²) in [5.74, 6) is 3.30. The molecule has 0 aromatic heterocycles. The van der Waals surface area contributed by atoms with E-state index in [-0.39, 0.29) is 35.2 Å². The third-order valence-corrected chi connectivity index (χ3v) is 13.9. The maximum absolute atomic E-state index is 13.2. The molecule has 42 heavy (non-hydrogen) atoms. The van der Waals surface area contributed by atoms with Gasteiger partial charge in [-0.05, 0) is 134 Å². The molecule has 0 spiro atoms. The second-order valence-corrected chi connectivity index (χ2v) is 15.8. The number of amides is 1. The number of likely N-dealkylation sites (tertiary alicyclic amines) is 1. The molecule has 234 valence electrons. The molecule has 4 saturated carbocycles. The van der Waals surface area contributed by atoms with Gasteiger partial charge in [0.15, 0.2) is 0 Å². The van der Waals surface area contributed by atoms with E-state index in [1.165, 1.54) is 25.7 Å². The van der Waals surface area contributed by atoms with Crippen LogP contribution >= 0.6 is 11.6 Å². The summed E-state index contributed by atoms with van der Waals surface area (Å²) in [4.78, 5) is 15.0. The Kier molecular flexibility index (Phi) is 8.70. The second kappa shape index (κ2) is 11.9. The van der Waals surface area contributed by atoms with Crippen molar-refractivity contribution in [1.82, 2.24) is 4.90 Å². The highest BCUT2D eigenvalue weighted by atomic mass is 35.5. The van der Waals surface area contributed by atoms with E-state index in [2.05, 4.69) is 33.8 Å². The third kappa shape index (κ3) is 5.11. The fraction of sp³-hybridized carbons (Fsp3) is 0.806. The van der Waals surface area contributed by atoms with Crippen LogP contribution in [0.2, 0.25) is 5.02 Å². The van der Waals surface area contributed by atoms with Gasteiger partial charge in [-0.2, -0.15) is 0 Å². The first kappa shape index (κ1) is 30.7. The molecule has 0 radical (unpaired) electrons. The number of hydrogen-bond donors (Lipinski definition) is 2. The van der Waals surface area contributed by atoms with Crippen molar-refractivity contribution < 1.29 is 19.7 Å². The third-order valence-electron chi connectivity index (χ3n) is 13.7. The van der Waals surface area contributed by atoms with Crippen LogP contribution in [0.4, 0.5) is 4.79 Å². The number of fused-ring (bicyclic) bond motifs is 5. The minimum Gasteiger partial charge on any atom is -0.449 e. The zero-order chi connectivity index (χ0) is 29.8. The highest BCUT2D eigenvalue weighted by molar-refractivity contribution is 6.30. The van der Waals surface area contributed by atoms with Gasteiger partial charge in [-0.25, -0.2) is 4.79 Å².